The number of carbonyl (C=O) groups is 2. The predicted molar refractivity (Wildman–Crippen MR) is 121 cm³/mol. The van der Waals surface area contributed by atoms with Gasteiger partial charge in [-0.25, -0.2) is 0 Å². The molecule has 0 aliphatic carbocycles. The maximum absolute atomic E-state index is 12.4. The molecule has 2 amide bonds. The van der Waals surface area contributed by atoms with E-state index in [9.17, 15) is 9.59 Å². The summed E-state index contributed by atoms with van der Waals surface area (Å²) in [6.07, 6.45) is 3.30. The van der Waals surface area contributed by atoms with Gasteiger partial charge in [-0.05, 0) is 67.5 Å². The zero-order valence-electron chi connectivity index (χ0n) is 17.0. The number of carbonyl (C=O) groups excluding carboxylic acids is 2. The van der Waals surface area contributed by atoms with Gasteiger partial charge in [0.1, 0.15) is 5.75 Å². The smallest absolute Gasteiger partial charge is 0.257 e. The second-order valence-electron chi connectivity index (χ2n) is 6.70. The number of nitrogens with one attached hydrogen (secondary N) is 3. The summed E-state index contributed by atoms with van der Waals surface area (Å²) in [5, 5.41) is 8.54. The molecule has 0 spiro atoms. The summed E-state index contributed by atoms with van der Waals surface area (Å²) in [6.45, 7) is 6.16. The molecule has 0 saturated carbocycles. The van der Waals surface area contributed by atoms with Crippen LogP contribution < -0.4 is 20.7 Å². The van der Waals surface area contributed by atoms with Gasteiger partial charge >= 0.3 is 0 Å². The molecule has 2 aromatic carbocycles. The molecule has 0 saturated heterocycles. The zero-order chi connectivity index (χ0) is 21.2. The number of thiocarbonyl (C=S) groups is 1. The summed E-state index contributed by atoms with van der Waals surface area (Å²) < 4.78 is 5.65. The molecule has 0 radical (unpaired) electrons. The van der Waals surface area contributed by atoms with Crippen LogP contribution in [0.4, 0.5) is 11.4 Å². The van der Waals surface area contributed by atoms with Gasteiger partial charge in [-0.2, -0.15) is 0 Å². The van der Waals surface area contributed by atoms with Crippen LogP contribution in [-0.2, 0) is 4.79 Å². The fourth-order valence-corrected chi connectivity index (χ4v) is 2.82. The van der Waals surface area contributed by atoms with Crippen molar-refractivity contribution in [3.8, 4) is 5.75 Å². The van der Waals surface area contributed by atoms with Crippen molar-refractivity contribution in [2.24, 2.45) is 0 Å². The summed E-state index contributed by atoms with van der Waals surface area (Å²) in [4.78, 5) is 23.7. The molecule has 0 atom stereocenters. The van der Waals surface area contributed by atoms with Crippen LogP contribution in [0.15, 0.2) is 42.5 Å². The van der Waals surface area contributed by atoms with Crippen molar-refractivity contribution >= 4 is 40.5 Å². The van der Waals surface area contributed by atoms with E-state index in [4.69, 9.17) is 17.0 Å². The Morgan fingerprint density at radius 3 is 2.41 bits per heavy atom. The Kier molecular flexibility index (Phi) is 8.61. The Labute approximate surface area is 177 Å². The molecule has 0 unspecified atom stereocenters. The van der Waals surface area contributed by atoms with Gasteiger partial charge in [0.2, 0.25) is 5.91 Å². The third-order valence-electron chi connectivity index (χ3n) is 4.17. The summed E-state index contributed by atoms with van der Waals surface area (Å²) in [6, 6.07) is 12.4. The third-order valence-corrected chi connectivity index (χ3v) is 4.37. The number of aryl methyl sites for hydroxylation is 1. The lowest BCUT2D eigenvalue weighted by atomic mass is 10.2. The van der Waals surface area contributed by atoms with E-state index < -0.39 is 0 Å². The third kappa shape index (κ3) is 7.54. The lowest BCUT2D eigenvalue weighted by Gasteiger charge is -2.13. The number of benzene rings is 2. The minimum Gasteiger partial charge on any atom is -0.494 e. The van der Waals surface area contributed by atoms with Crippen molar-refractivity contribution in [2.75, 3.05) is 17.2 Å². The van der Waals surface area contributed by atoms with Crippen LogP contribution in [0.3, 0.4) is 0 Å². The maximum atomic E-state index is 12.4. The second kappa shape index (κ2) is 11.2. The molecule has 0 heterocycles. The fourth-order valence-electron chi connectivity index (χ4n) is 2.61. The summed E-state index contributed by atoms with van der Waals surface area (Å²) in [5.41, 5.74) is 2.77. The quantitative estimate of drug-likeness (QED) is 0.434. The first-order chi connectivity index (χ1) is 13.9. The number of ether oxygens (including phenoxy) is 1. The molecule has 0 aliphatic rings. The van der Waals surface area contributed by atoms with Crippen molar-refractivity contribution in [1.82, 2.24) is 5.32 Å². The zero-order valence-corrected chi connectivity index (χ0v) is 17.8. The van der Waals surface area contributed by atoms with Crippen molar-refractivity contribution in [3.63, 3.8) is 0 Å². The van der Waals surface area contributed by atoms with E-state index in [2.05, 4.69) is 22.9 Å². The number of rotatable bonds is 8. The standard InChI is InChI=1S/C22H27N3O3S/c1-4-5-6-13-28-19-11-8-17(9-12-19)21(27)25-22(29)24-18-10-7-15(2)20(14-18)23-16(3)26/h7-12,14H,4-6,13H2,1-3H3,(H,23,26)(H2,24,25,27,29). The van der Waals surface area contributed by atoms with Gasteiger partial charge in [-0.15, -0.1) is 0 Å². The average molecular weight is 414 g/mol. The molecule has 6 nitrogen and oxygen atoms in total. The van der Waals surface area contributed by atoms with Gasteiger partial charge in [0.05, 0.1) is 6.61 Å². The number of hydrogen-bond acceptors (Lipinski definition) is 4. The van der Waals surface area contributed by atoms with E-state index in [1.54, 1.807) is 30.3 Å². The lowest BCUT2D eigenvalue weighted by molar-refractivity contribution is -0.114. The van der Waals surface area contributed by atoms with Gasteiger partial charge in [-0.1, -0.05) is 25.8 Å². The van der Waals surface area contributed by atoms with Gasteiger partial charge in [0.15, 0.2) is 5.11 Å². The van der Waals surface area contributed by atoms with Crippen LogP contribution in [0.2, 0.25) is 0 Å². The van der Waals surface area contributed by atoms with Gasteiger partial charge in [0.25, 0.3) is 5.91 Å². The van der Waals surface area contributed by atoms with Crippen LogP contribution in [0.5, 0.6) is 5.75 Å². The summed E-state index contributed by atoms with van der Waals surface area (Å²) in [7, 11) is 0. The molecule has 154 valence electrons. The van der Waals surface area contributed by atoms with E-state index in [0.29, 0.717) is 23.5 Å². The molecule has 2 rings (SSSR count). The molecule has 3 N–H and O–H groups in total. The van der Waals surface area contributed by atoms with Crippen molar-refractivity contribution in [3.05, 3.63) is 53.6 Å². The first kappa shape index (κ1) is 22.4. The summed E-state index contributed by atoms with van der Waals surface area (Å²) >= 11 is 5.23. The highest BCUT2D eigenvalue weighted by atomic mass is 32.1. The molecule has 0 aliphatic heterocycles. The minimum atomic E-state index is -0.311. The Hall–Kier alpha value is -2.93. The lowest BCUT2D eigenvalue weighted by Crippen LogP contribution is -2.34. The fraction of sp³-hybridized carbons (Fsp3) is 0.318. The van der Waals surface area contributed by atoms with E-state index >= 15 is 0 Å². The van der Waals surface area contributed by atoms with Gasteiger partial charge in [-0.3, -0.25) is 14.9 Å². The Morgan fingerprint density at radius 2 is 1.76 bits per heavy atom. The molecule has 0 aromatic heterocycles. The molecular formula is C22H27N3O3S. The van der Waals surface area contributed by atoms with E-state index in [1.807, 2.05) is 19.1 Å². The first-order valence-electron chi connectivity index (χ1n) is 9.62. The molecular weight excluding hydrogens is 386 g/mol. The summed E-state index contributed by atoms with van der Waals surface area (Å²) in [5.74, 6) is 0.275. The van der Waals surface area contributed by atoms with Crippen LogP contribution in [-0.4, -0.2) is 23.5 Å². The van der Waals surface area contributed by atoms with E-state index in [-0.39, 0.29) is 16.9 Å². The van der Waals surface area contributed by atoms with E-state index in [1.165, 1.54) is 6.92 Å². The molecule has 2 aromatic rings. The van der Waals surface area contributed by atoms with Crippen LogP contribution >= 0.6 is 12.2 Å². The van der Waals surface area contributed by atoms with Crippen molar-refractivity contribution in [2.45, 2.75) is 40.0 Å². The van der Waals surface area contributed by atoms with Crippen molar-refractivity contribution in [1.29, 1.82) is 0 Å². The van der Waals surface area contributed by atoms with Crippen LogP contribution in [0, 0.1) is 6.92 Å². The Balaban J connectivity index is 1.90. The molecule has 29 heavy (non-hydrogen) atoms. The van der Waals surface area contributed by atoms with Gasteiger partial charge in [0, 0.05) is 23.9 Å². The highest BCUT2D eigenvalue weighted by Crippen LogP contribution is 2.20. The topological polar surface area (TPSA) is 79.5 Å². The number of hydrogen-bond donors (Lipinski definition) is 3. The number of unbranched alkanes of at least 4 members (excludes halogenated alkanes) is 2. The highest BCUT2D eigenvalue weighted by molar-refractivity contribution is 7.80. The van der Waals surface area contributed by atoms with Crippen LogP contribution in [0.1, 0.15) is 49.0 Å². The normalized spacial score (nSPS) is 10.2. The number of amides is 2. The van der Waals surface area contributed by atoms with Gasteiger partial charge < -0.3 is 15.4 Å². The molecule has 7 heteroatoms. The Bertz CT molecular complexity index is 866. The molecule has 0 bridgehead atoms. The number of anilines is 2. The maximum Gasteiger partial charge on any atom is 0.257 e. The van der Waals surface area contributed by atoms with Crippen LogP contribution in [0.25, 0.3) is 0 Å². The monoisotopic (exact) mass is 413 g/mol. The SMILES string of the molecule is CCCCCOc1ccc(C(=O)NC(=S)Nc2ccc(C)c(NC(C)=O)c2)cc1. The minimum absolute atomic E-state index is 0.154. The average Bonchev–Trinajstić information content (AvgIpc) is 2.68. The first-order valence-corrected chi connectivity index (χ1v) is 10.0. The highest BCUT2D eigenvalue weighted by Gasteiger charge is 2.09. The van der Waals surface area contributed by atoms with E-state index in [0.717, 1.165) is 30.6 Å². The second-order valence-corrected chi connectivity index (χ2v) is 7.11. The molecule has 0 fully saturated rings. The van der Waals surface area contributed by atoms with Crippen molar-refractivity contribution < 1.29 is 14.3 Å². The predicted octanol–water partition coefficient (Wildman–Crippen LogP) is 4.65. The largest absolute Gasteiger partial charge is 0.494 e. The Morgan fingerprint density at radius 1 is 1.03 bits per heavy atom.